The Hall–Kier alpha value is -2.20. The van der Waals surface area contributed by atoms with Crippen molar-refractivity contribution >= 4 is 23.2 Å². The molecule has 1 fully saturated rings. The Morgan fingerprint density at radius 3 is 2.63 bits per heavy atom. The maximum Gasteiger partial charge on any atom is 0.262 e. The summed E-state index contributed by atoms with van der Waals surface area (Å²) in [6.07, 6.45) is -5.73. The summed E-state index contributed by atoms with van der Waals surface area (Å²) in [6, 6.07) is 10.5. The molecule has 8 nitrogen and oxygen atoms in total. The maximum atomic E-state index is 11.6. The van der Waals surface area contributed by atoms with Crippen LogP contribution in [0.2, 0.25) is 5.02 Å². The number of halogens is 1. The van der Waals surface area contributed by atoms with Gasteiger partial charge in [-0.15, -0.1) is 0 Å². The lowest BCUT2D eigenvalue weighted by Gasteiger charge is -2.40. The summed E-state index contributed by atoms with van der Waals surface area (Å²) >= 11 is 6.37. The van der Waals surface area contributed by atoms with Crippen molar-refractivity contribution in [2.75, 3.05) is 18.5 Å². The highest BCUT2D eigenvalue weighted by Crippen LogP contribution is 2.35. The number of hydrogen-bond acceptors (Lipinski definition) is 7. The summed E-state index contributed by atoms with van der Waals surface area (Å²) < 4.78 is 11.0. The lowest BCUT2D eigenvalue weighted by Crippen LogP contribution is -2.55. The van der Waals surface area contributed by atoms with Gasteiger partial charge in [0.25, 0.3) is 5.91 Å². The fraction of sp³-hybridized carbons (Fsp3) is 0.381. The molecule has 1 saturated heterocycles. The molecule has 2 aromatic rings. The number of carbonyl (C=O) groups excluding carboxylic acids is 1. The molecule has 0 unspecified atom stereocenters. The maximum absolute atomic E-state index is 11.6. The van der Waals surface area contributed by atoms with Crippen LogP contribution < -0.4 is 10.1 Å². The minimum Gasteiger partial charge on any atom is -0.482 e. The molecule has 2 aliphatic heterocycles. The number of aliphatic hydroxyl groups excluding tert-OH is 4. The third-order valence-corrected chi connectivity index (χ3v) is 5.73. The van der Waals surface area contributed by atoms with E-state index in [-0.39, 0.29) is 12.5 Å². The van der Waals surface area contributed by atoms with Gasteiger partial charge in [-0.1, -0.05) is 29.8 Å². The molecule has 160 valence electrons. The van der Waals surface area contributed by atoms with Gasteiger partial charge in [-0.25, -0.2) is 0 Å². The molecule has 0 aliphatic carbocycles. The molecular weight excluding hydrogens is 414 g/mol. The van der Waals surface area contributed by atoms with Gasteiger partial charge in [0.15, 0.2) is 6.61 Å². The quantitative estimate of drug-likeness (QED) is 0.480. The minimum atomic E-state index is -1.45. The second-order valence-electron chi connectivity index (χ2n) is 7.44. The molecule has 9 heteroatoms. The molecule has 0 aromatic heterocycles. The number of ether oxygens (including phenoxy) is 2. The van der Waals surface area contributed by atoms with E-state index in [0.29, 0.717) is 28.4 Å². The molecule has 0 bridgehead atoms. The number of anilines is 1. The van der Waals surface area contributed by atoms with Gasteiger partial charge in [0.05, 0.1) is 12.3 Å². The van der Waals surface area contributed by atoms with Crippen LogP contribution in [-0.4, -0.2) is 64.0 Å². The number of hydrogen-bond donors (Lipinski definition) is 5. The third-order valence-electron chi connectivity index (χ3n) is 5.36. The van der Waals surface area contributed by atoms with Crippen LogP contribution in [0.15, 0.2) is 36.4 Å². The summed E-state index contributed by atoms with van der Waals surface area (Å²) in [5, 5.41) is 43.1. The van der Waals surface area contributed by atoms with E-state index in [1.807, 2.05) is 12.1 Å². The first kappa shape index (κ1) is 21.0. The van der Waals surface area contributed by atoms with Crippen LogP contribution in [0.3, 0.4) is 0 Å². The van der Waals surface area contributed by atoms with E-state index in [0.717, 1.165) is 11.1 Å². The Bertz CT molecular complexity index is 951. The number of rotatable bonds is 4. The summed E-state index contributed by atoms with van der Waals surface area (Å²) in [6.45, 7) is -0.510. The summed E-state index contributed by atoms with van der Waals surface area (Å²) in [5.41, 5.74) is 2.77. The fourth-order valence-corrected chi connectivity index (χ4v) is 3.93. The Morgan fingerprint density at radius 2 is 1.87 bits per heavy atom. The highest BCUT2D eigenvalue weighted by Gasteiger charge is 2.44. The van der Waals surface area contributed by atoms with Crippen LogP contribution in [0.4, 0.5) is 5.69 Å². The Labute approximate surface area is 177 Å². The normalized spacial score (nSPS) is 28.4. The van der Waals surface area contributed by atoms with Crippen LogP contribution in [0, 0.1) is 0 Å². The van der Waals surface area contributed by atoms with Crippen LogP contribution >= 0.6 is 11.6 Å². The van der Waals surface area contributed by atoms with Gasteiger partial charge < -0.3 is 35.2 Å². The van der Waals surface area contributed by atoms with Crippen molar-refractivity contribution in [2.24, 2.45) is 0 Å². The Kier molecular flexibility index (Phi) is 5.97. The molecule has 1 amide bonds. The van der Waals surface area contributed by atoms with Crippen LogP contribution in [0.5, 0.6) is 5.75 Å². The van der Waals surface area contributed by atoms with Gasteiger partial charge in [0.2, 0.25) is 0 Å². The van der Waals surface area contributed by atoms with E-state index in [9.17, 15) is 25.2 Å². The molecule has 0 spiro atoms. The van der Waals surface area contributed by atoms with Crippen molar-refractivity contribution in [1.29, 1.82) is 0 Å². The zero-order chi connectivity index (χ0) is 21.4. The summed E-state index contributed by atoms with van der Waals surface area (Å²) in [5.74, 6) is 0.377. The van der Waals surface area contributed by atoms with Crippen molar-refractivity contribution < 1.29 is 34.7 Å². The molecule has 2 aromatic carbocycles. The Balaban J connectivity index is 1.60. The van der Waals surface area contributed by atoms with Gasteiger partial charge in [-0.2, -0.15) is 0 Å². The molecule has 2 aliphatic rings. The van der Waals surface area contributed by atoms with Crippen molar-refractivity contribution in [1.82, 2.24) is 0 Å². The first-order valence-electron chi connectivity index (χ1n) is 9.52. The van der Waals surface area contributed by atoms with Crippen LogP contribution in [0.25, 0.3) is 0 Å². The topological polar surface area (TPSA) is 128 Å². The van der Waals surface area contributed by atoms with Crippen molar-refractivity contribution in [3.05, 3.63) is 58.1 Å². The molecular formula is C21H22ClNO7. The van der Waals surface area contributed by atoms with Crippen molar-refractivity contribution in [3.8, 4) is 5.75 Å². The van der Waals surface area contributed by atoms with Gasteiger partial charge in [0.1, 0.15) is 36.3 Å². The molecule has 0 saturated carbocycles. The fourth-order valence-electron chi connectivity index (χ4n) is 3.74. The number of fused-ring (bicyclic) bond motifs is 1. The van der Waals surface area contributed by atoms with Gasteiger partial charge >= 0.3 is 0 Å². The number of carbonyl (C=O) groups is 1. The van der Waals surface area contributed by atoms with Gasteiger partial charge in [-0.3, -0.25) is 4.79 Å². The minimum absolute atomic E-state index is 0.0146. The van der Waals surface area contributed by atoms with E-state index < -0.39 is 37.1 Å². The number of benzene rings is 2. The highest BCUT2D eigenvalue weighted by atomic mass is 35.5. The molecule has 0 radical (unpaired) electrons. The van der Waals surface area contributed by atoms with E-state index >= 15 is 0 Å². The predicted molar refractivity (Wildman–Crippen MR) is 108 cm³/mol. The van der Waals surface area contributed by atoms with Gasteiger partial charge in [0, 0.05) is 5.02 Å². The summed E-state index contributed by atoms with van der Waals surface area (Å²) in [4.78, 5) is 11.6. The molecule has 5 N–H and O–H groups in total. The standard InChI is InChI=1S/C21H22ClNO7/c22-13-3-2-11(21-20(28)19(27)18(26)16(8-24)30-21)7-12(13)5-10-1-4-15-14(6-10)23-17(25)9-29-15/h1-4,6-7,16,18-21,24,26-28H,5,8-9H2,(H,23,25)/t16-,18+,19+,20-,21-/m1/s1. The Morgan fingerprint density at radius 1 is 1.07 bits per heavy atom. The number of nitrogens with one attached hydrogen (secondary N) is 1. The predicted octanol–water partition coefficient (Wildman–Crippen LogP) is 0.777. The lowest BCUT2D eigenvalue weighted by atomic mass is 9.90. The smallest absolute Gasteiger partial charge is 0.262 e. The second-order valence-corrected chi connectivity index (χ2v) is 7.85. The van der Waals surface area contributed by atoms with Crippen LogP contribution in [-0.2, 0) is 16.0 Å². The number of amides is 1. The highest BCUT2D eigenvalue weighted by molar-refractivity contribution is 6.31. The molecule has 2 heterocycles. The zero-order valence-electron chi connectivity index (χ0n) is 15.9. The lowest BCUT2D eigenvalue weighted by molar-refractivity contribution is -0.231. The first-order chi connectivity index (χ1) is 14.4. The molecule has 4 rings (SSSR count). The monoisotopic (exact) mass is 435 g/mol. The third kappa shape index (κ3) is 4.02. The average Bonchev–Trinajstić information content (AvgIpc) is 2.74. The number of aliphatic hydroxyl groups is 4. The average molecular weight is 436 g/mol. The van der Waals surface area contributed by atoms with Crippen molar-refractivity contribution in [2.45, 2.75) is 36.9 Å². The molecule has 5 atom stereocenters. The second kappa shape index (κ2) is 8.50. The SMILES string of the molecule is O=C1COc2ccc(Cc3cc([C@H]4O[C@H](CO)[C@H](O)[C@H](O)[C@H]4O)ccc3Cl)cc2N1. The van der Waals surface area contributed by atoms with E-state index in [2.05, 4.69) is 5.32 Å². The van der Waals surface area contributed by atoms with E-state index in [4.69, 9.17) is 21.1 Å². The largest absolute Gasteiger partial charge is 0.482 e. The molecule has 30 heavy (non-hydrogen) atoms. The summed E-state index contributed by atoms with van der Waals surface area (Å²) in [7, 11) is 0. The van der Waals surface area contributed by atoms with E-state index in [1.54, 1.807) is 24.3 Å². The van der Waals surface area contributed by atoms with Crippen LogP contribution in [0.1, 0.15) is 22.8 Å². The zero-order valence-corrected chi connectivity index (χ0v) is 16.6. The first-order valence-corrected chi connectivity index (χ1v) is 9.89. The van der Waals surface area contributed by atoms with Crippen molar-refractivity contribution in [3.63, 3.8) is 0 Å². The van der Waals surface area contributed by atoms with E-state index in [1.165, 1.54) is 0 Å². The van der Waals surface area contributed by atoms with Gasteiger partial charge in [-0.05, 0) is 41.3 Å².